The monoisotopic (exact) mass is 442 g/mol. The molecule has 0 unspecified atom stereocenters. The molecule has 0 aliphatic carbocycles. The third-order valence-electron chi connectivity index (χ3n) is 6.07. The van der Waals surface area contributed by atoms with E-state index in [1.54, 1.807) is 34.8 Å². The quantitative estimate of drug-likeness (QED) is 0.685. The fourth-order valence-electron chi connectivity index (χ4n) is 4.20. The molecule has 3 heterocycles. The number of benzene rings is 1. The lowest BCUT2D eigenvalue weighted by molar-refractivity contribution is -0.132. The van der Waals surface area contributed by atoms with E-state index in [1.165, 1.54) is 0 Å². The zero-order valence-electron chi connectivity index (χ0n) is 17.8. The zero-order chi connectivity index (χ0) is 21.7. The van der Waals surface area contributed by atoms with E-state index in [9.17, 15) is 13.2 Å². The molecule has 8 heteroatoms. The molecule has 2 saturated heterocycles. The molecule has 2 aromatic rings. The minimum atomic E-state index is -3.43. The van der Waals surface area contributed by atoms with Gasteiger partial charge in [0, 0.05) is 52.0 Å². The molecular weight excluding hydrogens is 412 g/mol. The van der Waals surface area contributed by atoms with Crippen molar-refractivity contribution in [1.82, 2.24) is 19.1 Å². The summed E-state index contributed by atoms with van der Waals surface area (Å²) in [7, 11) is -3.43. The molecule has 2 aliphatic heterocycles. The highest BCUT2D eigenvalue weighted by molar-refractivity contribution is 7.89. The van der Waals surface area contributed by atoms with Gasteiger partial charge in [-0.15, -0.1) is 0 Å². The van der Waals surface area contributed by atoms with Gasteiger partial charge in [0.1, 0.15) is 0 Å². The topological polar surface area (TPSA) is 73.8 Å². The predicted octanol–water partition coefficient (Wildman–Crippen LogP) is 2.14. The number of hydrogen-bond acceptors (Lipinski definition) is 5. The Hall–Kier alpha value is -2.29. The second-order valence-electron chi connectivity index (χ2n) is 8.26. The lowest BCUT2D eigenvalue weighted by atomic mass is 10.1. The molecule has 2 aliphatic rings. The van der Waals surface area contributed by atoms with Gasteiger partial charge in [-0.05, 0) is 42.7 Å². The maximum Gasteiger partial charge on any atom is 0.243 e. The average molecular weight is 443 g/mol. The number of piperazine rings is 1. The maximum atomic E-state index is 12.8. The van der Waals surface area contributed by atoms with Crippen LogP contribution in [-0.4, -0.2) is 72.7 Å². The summed E-state index contributed by atoms with van der Waals surface area (Å²) in [5, 5.41) is 0. The number of carbonyl (C=O) groups is 1. The Balaban J connectivity index is 1.29. The van der Waals surface area contributed by atoms with Crippen LogP contribution in [0.5, 0.6) is 0 Å². The summed E-state index contributed by atoms with van der Waals surface area (Å²) in [6.07, 6.45) is 5.02. The van der Waals surface area contributed by atoms with E-state index in [0.717, 1.165) is 50.2 Å². The summed E-state index contributed by atoms with van der Waals surface area (Å²) in [5.74, 6) is 0.0872. The number of amides is 1. The van der Waals surface area contributed by atoms with E-state index in [1.807, 2.05) is 23.1 Å². The standard InChI is InChI=1S/C23H30N4O3S/c28-23(26-16-14-25(15-17-26)19-21-6-2-3-11-24-21)18-20-7-9-22(10-8-20)31(29,30)27-12-4-1-5-13-27/h2-3,6-11H,1,4-5,12-19H2. The largest absolute Gasteiger partial charge is 0.340 e. The van der Waals surface area contributed by atoms with Crippen LogP contribution in [0.15, 0.2) is 53.6 Å². The number of nitrogens with zero attached hydrogens (tertiary/aromatic N) is 4. The minimum Gasteiger partial charge on any atom is -0.340 e. The van der Waals surface area contributed by atoms with Crippen LogP contribution in [0.3, 0.4) is 0 Å². The van der Waals surface area contributed by atoms with Crippen LogP contribution in [0.4, 0.5) is 0 Å². The second-order valence-corrected chi connectivity index (χ2v) is 10.2. The minimum absolute atomic E-state index is 0.0872. The van der Waals surface area contributed by atoms with Crippen molar-refractivity contribution in [1.29, 1.82) is 0 Å². The van der Waals surface area contributed by atoms with E-state index >= 15 is 0 Å². The summed E-state index contributed by atoms with van der Waals surface area (Å²) >= 11 is 0. The summed E-state index contributed by atoms with van der Waals surface area (Å²) in [5.41, 5.74) is 1.89. The maximum absolute atomic E-state index is 12.8. The molecule has 0 bridgehead atoms. The van der Waals surface area contributed by atoms with Crippen molar-refractivity contribution >= 4 is 15.9 Å². The first kappa shape index (κ1) is 21.9. The van der Waals surface area contributed by atoms with Crippen LogP contribution in [0.25, 0.3) is 0 Å². The Morgan fingerprint density at radius 3 is 2.23 bits per heavy atom. The van der Waals surface area contributed by atoms with Crippen LogP contribution in [0, 0.1) is 0 Å². The Bertz CT molecular complexity index is 966. The Morgan fingerprint density at radius 1 is 0.871 bits per heavy atom. The van der Waals surface area contributed by atoms with Gasteiger partial charge in [0.2, 0.25) is 15.9 Å². The number of rotatable bonds is 6. The molecule has 2 fully saturated rings. The highest BCUT2D eigenvalue weighted by atomic mass is 32.2. The van der Waals surface area contributed by atoms with Crippen LogP contribution in [0.2, 0.25) is 0 Å². The third kappa shape index (κ3) is 5.50. The van der Waals surface area contributed by atoms with Gasteiger partial charge in [-0.25, -0.2) is 8.42 Å². The van der Waals surface area contributed by atoms with E-state index in [4.69, 9.17) is 0 Å². The van der Waals surface area contributed by atoms with E-state index < -0.39 is 10.0 Å². The highest BCUT2D eigenvalue weighted by Gasteiger charge is 2.26. The van der Waals surface area contributed by atoms with Crippen molar-refractivity contribution in [2.24, 2.45) is 0 Å². The first-order chi connectivity index (χ1) is 15.0. The molecule has 0 saturated carbocycles. The van der Waals surface area contributed by atoms with Gasteiger partial charge in [-0.3, -0.25) is 14.7 Å². The molecule has 166 valence electrons. The number of aromatic nitrogens is 1. The number of hydrogen-bond donors (Lipinski definition) is 0. The predicted molar refractivity (Wildman–Crippen MR) is 119 cm³/mol. The van der Waals surface area contributed by atoms with Gasteiger partial charge in [0.25, 0.3) is 0 Å². The molecule has 1 aromatic carbocycles. The molecular formula is C23H30N4O3S. The van der Waals surface area contributed by atoms with Crippen molar-refractivity contribution in [3.63, 3.8) is 0 Å². The summed E-state index contributed by atoms with van der Waals surface area (Å²) in [4.78, 5) is 21.6. The number of pyridine rings is 1. The van der Waals surface area contributed by atoms with Crippen molar-refractivity contribution in [3.8, 4) is 0 Å². The van der Waals surface area contributed by atoms with Crippen LogP contribution >= 0.6 is 0 Å². The van der Waals surface area contributed by atoms with Gasteiger partial charge in [-0.2, -0.15) is 4.31 Å². The smallest absolute Gasteiger partial charge is 0.243 e. The summed E-state index contributed by atoms with van der Waals surface area (Å²) in [6, 6.07) is 12.7. The van der Waals surface area contributed by atoms with Crippen LogP contribution in [0.1, 0.15) is 30.5 Å². The normalized spacial score (nSPS) is 18.8. The molecule has 7 nitrogen and oxygen atoms in total. The number of carbonyl (C=O) groups excluding carboxylic acids is 1. The molecule has 1 aromatic heterocycles. The first-order valence-corrected chi connectivity index (χ1v) is 12.5. The summed E-state index contributed by atoms with van der Waals surface area (Å²) < 4.78 is 27.1. The molecule has 0 radical (unpaired) electrons. The molecule has 31 heavy (non-hydrogen) atoms. The van der Waals surface area contributed by atoms with Crippen LogP contribution < -0.4 is 0 Å². The Kier molecular flexibility index (Phi) is 6.99. The van der Waals surface area contributed by atoms with Gasteiger partial charge in [0.05, 0.1) is 17.0 Å². The second kappa shape index (κ2) is 9.89. The lowest BCUT2D eigenvalue weighted by Gasteiger charge is -2.34. The first-order valence-electron chi connectivity index (χ1n) is 11.0. The van der Waals surface area contributed by atoms with Gasteiger partial charge >= 0.3 is 0 Å². The highest BCUT2D eigenvalue weighted by Crippen LogP contribution is 2.21. The van der Waals surface area contributed by atoms with Crippen molar-refractivity contribution < 1.29 is 13.2 Å². The van der Waals surface area contributed by atoms with Crippen molar-refractivity contribution in [2.45, 2.75) is 37.1 Å². The summed E-state index contributed by atoms with van der Waals surface area (Å²) in [6.45, 7) is 5.05. The van der Waals surface area contributed by atoms with Gasteiger partial charge in [0.15, 0.2) is 0 Å². The molecule has 0 spiro atoms. The Labute approximate surface area is 184 Å². The average Bonchev–Trinajstić information content (AvgIpc) is 2.81. The van der Waals surface area contributed by atoms with E-state index in [2.05, 4.69) is 9.88 Å². The van der Waals surface area contributed by atoms with Crippen molar-refractivity contribution in [3.05, 3.63) is 59.9 Å². The lowest BCUT2D eigenvalue weighted by Crippen LogP contribution is -2.48. The zero-order valence-corrected chi connectivity index (χ0v) is 18.6. The van der Waals surface area contributed by atoms with Gasteiger partial charge < -0.3 is 4.90 Å². The molecule has 0 atom stereocenters. The molecule has 1 amide bonds. The van der Waals surface area contributed by atoms with E-state index in [0.29, 0.717) is 37.5 Å². The Morgan fingerprint density at radius 2 is 1.58 bits per heavy atom. The molecule has 0 N–H and O–H groups in total. The van der Waals surface area contributed by atoms with E-state index in [-0.39, 0.29) is 5.91 Å². The van der Waals surface area contributed by atoms with Crippen LogP contribution in [-0.2, 0) is 27.8 Å². The fraction of sp³-hybridized carbons (Fsp3) is 0.478. The van der Waals surface area contributed by atoms with Crippen molar-refractivity contribution in [2.75, 3.05) is 39.3 Å². The van der Waals surface area contributed by atoms with Gasteiger partial charge in [-0.1, -0.05) is 24.6 Å². The molecule has 4 rings (SSSR count). The SMILES string of the molecule is O=C(Cc1ccc(S(=O)(=O)N2CCCCC2)cc1)N1CCN(Cc2ccccn2)CC1. The number of sulfonamides is 1. The fourth-order valence-corrected chi connectivity index (χ4v) is 5.71. The third-order valence-corrected chi connectivity index (χ3v) is 7.98. The number of piperidine rings is 1.